The van der Waals surface area contributed by atoms with Crippen molar-refractivity contribution in [3.63, 3.8) is 0 Å². The summed E-state index contributed by atoms with van der Waals surface area (Å²) in [6, 6.07) is 14.3. The standard InChI is InChI=1S/C15H15ClO2/c16-13-5-2-4-12(10-13)15(18)8-7-11-3-1-6-14(17)9-11/h1-6,9-10,15,17-18H,7-8H2. The third kappa shape index (κ3) is 3.49. The minimum atomic E-state index is -0.536. The Morgan fingerprint density at radius 2 is 1.83 bits per heavy atom. The zero-order valence-electron chi connectivity index (χ0n) is 9.88. The molecule has 0 heterocycles. The zero-order chi connectivity index (χ0) is 13.0. The first-order valence-electron chi connectivity index (χ1n) is 5.86. The molecule has 2 aromatic carbocycles. The van der Waals surface area contributed by atoms with E-state index in [4.69, 9.17) is 11.6 Å². The van der Waals surface area contributed by atoms with Gasteiger partial charge in [0.05, 0.1) is 6.10 Å². The summed E-state index contributed by atoms with van der Waals surface area (Å²) in [7, 11) is 0. The summed E-state index contributed by atoms with van der Waals surface area (Å²) in [5.74, 6) is 0.254. The molecule has 0 saturated carbocycles. The number of halogens is 1. The molecule has 0 aliphatic rings. The second-order valence-corrected chi connectivity index (χ2v) is 4.72. The molecule has 0 aliphatic carbocycles. The fourth-order valence-electron chi connectivity index (χ4n) is 1.90. The molecule has 0 fully saturated rings. The van der Waals surface area contributed by atoms with E-state index in [0.717, 1.165) is 11.1 Å². The molecule has 0 saturated heterocycles. The number of hydrogen-bond acceptors (Lipinski definition) is 2. The lowest BCUT2D eigenvalue weighted by molar-refractivity contribution is 0.168. The average molecular weight is 263 g/mol. The second-order valence-electron chi connectivity index (χ2n) is 4.28. The number of aromatic hydroxyl groups is 1. The van der Waals surface area contributed by atoms with Gasteiger partial charge in [0.15, 0.2) is 0 Å². The first-order valence-corrected chi connectivity index (χ1v) is 6.24. The van der Waals surface area contributed by atoms with Gasteiger partial charge in [-0.05, 0) is 48.2 Å². The van der Waals surface area contributed by atoms with Gasteiger partial charge < -0.3 is 10.2 Å². The van der Waals surface area contributed by atoms with Gasteiger partial charge in [-0.3, -0.25) is 0 Å². The van der Waals surface area contributed by atoms with Crippen LogP contribution >= 0.6 is 11.6 Å². The monoisotopic (exact) mass is 262 g/mol. The number of hydrogen-bond donors (Lipinski definition) is 2. The van der Waals surface area contributed by atoms with E-state index in [0.29, 0.717) is 17.9 Å². The minimum absolute atomic E-state index is 0.254. The van der Waals surface area contributed by atoms with E-state index in [-0.39, 0.29) is 5.75 Å². The molecule has 1 unspecified atom stereocenters. The first kappa shape index (κ1) is 12.9. The highest BCUT2D eigenvalue weighted by molar-refractivity contribution is 6.30. The molecule has 0 spiro atoms. The molecule has 0 aliphatic heterocycles. The number of phenolic OH excluding ortho intramolecular Hbond substituents is 1. The Hall–Kier alpha value is -1.51. The molecule has 1 atom stereocenters. The maximum Gasteiger partial charge on any atom is 0.115 e. The van der Waals surface area contributed by atoms with Crippen molar-refractivity contribution < 1.29 is 10.2 Å². The summed E-state index contributed by atoms with van der Waals surface area (Å²) in [6.45, 7) is 0. The molecule has 18 heavy (non-hydrogen) atoms. The van der Waals surface area contributed by atoms with Crippen LogP contribution < -0.4 is 0 Å². The van der Waals surface area contributed by atoms with E-state index in [9.17, 15) is 10.2 Å². The van der Waals surface area contributed by atoms with Crippen molar-refractivity contribution >= 4 is 11.6 Å². The van der Waals surface area contributed by atoms with Crippen LogP contribution in [0.3, 0.4) is 0 Å². The van der Waals surface area contributed by atoms with E-state index in [1.54, 1.807) is 30.3 Å². The highest BCUT2D eigenvalue weighted by Gasteiger charge is 2.08. The van der Waals surface area contributed by atoms with Crippen molar-refractivity contribution in [3.05, 3.63) is 64.7 Å². The molecular formula is C15H15ClO2. The lowest BCUT2D eigenvalue weighted by Gasteiger charge is -2.11. The van der Waals surface area contributed by atoms with Gasteiger partial charge in [-0.2, -0.15) is 0 Å². The van der Waals surface area contributed by atoms with Crippen molar-refractivity contribution in [2.75, 3.05) is 0 Å². The van der Waals surface area contributed by atoms with Crippen LogP contribution in [0.2, 0.25) is 5.02 Å². The number of aryl methyl sites for hydroxylation is 1. The predicted octanol–water partition coefficient (Wildman–Crippen LogP) is 3.71. The van der Waals surface area contributed by atoms with Crippen molar-refractivity contribution in [3.8, 4) is 5.75 Å². The number of aliphatic hydroxyl groups is 1. The van der Waals surface area contributed by atoms with E-state index in [1.807, 2.05) is 18.2 Å². The Morgan fingerprint density at radius 1 is 1.06 bits per heavy atom. The summed E-state index contributed by atoms with van der Waals surface area (Å²) in [4.78, 5) is 0. The van der Waals surface area contributed by atoms with Crippen LogP contribution in [0.4, 0.5) is 0 Å². The zero-order valence-corrected chi connectivity index (χ0v) is 10.6. The smallest absolute Gasteiger partial charge is 0.115 e. The lowest BCUT2D eigenvalue weighted by Crippen LogP contribution is -1.99. The Balaban J connectivity index is 1.98. The SMILES string of the molecule is Oc1cccc(CCC(O)c2cccc(Cl)c2)c1. The van der Waals surface area contributed by atoms with Gasteiger partial charge in [-0.25, -0.2) is 0 Å². The van der Waals surface area contributed by atoms with E-state index >= 15 is 0 Å². The molecule has 0 bridgehead atoms. The molecule has 2 N–H and O–H groups in total. The third-order valence-electron chi connectivity index (χ3n) is 2.85. The van der Waals surface area contributed by atoms with E-state index < -0.39 is 6.10 Å². The van der Waals surface area contributed by atoms with Crippen molar-refractivity contribution in [2.45, 2.75) is 18.9 Å². The molecule has 2 nitrogen and oxygen atoms in total. The summed E-state index contributed by atoms with van der Waals surface area (Å²) in [5.41, 5.74) is 1.83. The average Bonchev–Trinajstić information content (AvgIpc) is 2.36. The number of phenols is 1. The largest absolute Gasteiger partial charge is 0.508 e. The Kier molecular flexibility index (Phi) is 4.24. The van der Waals surface area contributed by atoms with E-state index in [1.165, 1.54) is 0 Å². The maximum atomic E-state index is 10.1. The molecule has 0 amide bonds. The van der Waals surface area contributed by atoms with Crippen molar-refractivity contribution in [1.29, 1.82) is 0 Å². The Morgan fingerprint density at radius 3 is 2.56 bits per heavy atom. The third-order valence-corrected chi connectivity index (χ3v) is 3.09. The van der Waals surface area contributed by atoms with Crippen molar-refractivity contribution in [1.82, 2.24) is 0 Å². The molecule has 0 aromatic heterocycles. The fraction of sp³-hybridized carbons (Fsp3) is 0.200. The summed E-state index contributed by atoms with van der Waals surface area (Å²) in [6.07, 6.45) is 0.775. The lowest BCUT2D eigenvalue weighted by atomic mass is 10.0. The molecule has 2 rings (SSSR count). The van der Waals surface area contributed by atoms with Gasteiger partial charge in [0, 0.05) is 5.02 Å². The van der Waals surface area contributed by atoms with Crippen LogP contribution in [0.1, 0.15) is 23.7 Å². The number of aliphatic hydroxyl groups excluding tert-OH is 1. The molecule has 94 valence electrons. The summed E-state index contributed by atoms with van der Waals surface area (Å²) < 4.78 is 0. The Labute approximate surface area is 111 Å². The minimum Gasteiger partial charge on any atom is -0.508 e. The summed E-state index contributed by atoms with van der Waals surface area (Å²) >= 11 is 5.88. The van der Waals surface area contributed by atoms with Gasteiger partial charge in [-0.1, -0.05) is 35.9 Å². The van der Waals surface area contributed by atoms with Crippen LogP contribution in [0.15, 0.2) is 48.5 Å². The van der Waals surface area contributed by atoms with Crippen LogP contribution in [-0.4, -0.2) is 10.2 Å². The number of benzene rings is 2. The maximum absolute atomic E-state index is 10.1. The van der Waals surface area contributed by atoms with Gasteiger partial charge in [0.25, 0.3) is 0 Å². The first-order chi connectivity index (χ1) is 8.65. The van der Waals surface area contributed by atoms with E-state index in [2.05, 4.69) is 0 Å². The van der Waals surface area contributed by atoms with Crippen LogP contribution in [-0.2, 0) is 6.42 Å². The van der Waals surface area contributed by atoms with Gasteiger partial charge in [0.1, 0.15) is 5.75 Å². The number of rotatable bonds is 4. The molecular weight excluding hydrogens is 248 g/mol. The normalized spacial score (nSPS) is 12.3. The van der Waals surface area contributed by atoms with Gasteiger partial charge in [-0.15, -0.1) is 0 Å². The van der Waals surface area contributed by atoms with Gasteiger partial charge in [0.2, 0.25) is 0 Å². The fourth-order valence-corrected chi connectivity index (χ4v) is 2.09. The highest BCUT2D eigenvalue weighted by atomic mass is 35.5. The molecule has 2 aromatic rings. The molecule has 0 radical (unpaired) electrons. The topological polar surface area (TPSA) is 40.5 Å². The van der Waals surface area contributed by atoms with Crippen molar-refractivity contribution in [2.24, 2.45) is 0 Å². The second kappa shape index (κ2) is 5.89. The molecule has 3 heteroatoms. The predicted molar refractivity (Wildman–Crippen MR) is 72.8 cm³/mol. The highest BCUT2D eigenvalue weighted by Crippen LogP contribution is 2.22. The van der Waals surface area contributed by atoms with Gasteiger partial charge >= 0.3 is 0 Å². The summed E-state index contributed by atoms with van der Waals surface area (Å²) in [5, 5.41) is 20.0. The van der Waals surface area contributed by atoms with Crippen LogP contribution in [0, 0.1) is 0 Å². The Bertz CT molecular complexity index is 525. The van der Waals surface area contributed by atoms with Crippen LogP contribution in [0.5, 0.6) is 5.75 Å². The van der Waals surface area contributed by atoms with Crippen LogP contribution in [0.25, 0.3) is 0 Å². The quantitative estimate of drug-likeness (QED) is 0.882.